The number of nitrogens with one attached hydrogen (secondary N) is 1. The molecule has 0 unspecified atom stereocenters. The van der Waals surface area contributed by atoms with Crippen molar-refractivity contribution in [2.45, 2.75) is 26.2 Å². The van der Waals surface area contributed by atoms with Gasteiger partial charge in [0.2, 0.25) is 0 Å². The van der Waals surface area contributed by atoms with E-state index in [0.29, 0.717) is 5.92 Å². The third-order valence-electron chi connectivity index (χ3n) is 6.14. The quantitative estimate of drug-likeness (QED) is 0.451. The lowest BCUT2D eigenvalue weighted by Gasteiger charge is -2.22. The van der Waals surface area contributed by atoms with Gasteiger partial charge in [-0.2, -0.15) is 0 Å². The van der Waals surface area contributed by atoms with Gasteiger partial charge in [-0.3, -0.25) is 0 Å². The van der Waals surface area contributed by atoms with Gasteiger partial charge in [0.25, 0.3) is 0 Å². The number of pyridine rings is 2. The summed E-state index contributed by atoms with van der Waals surface area (Å²) in [4.78, 5) is 12.8. The van der Waals surface area contributed by atoms with Gasteiger partial charge in [0.1, 0.15) is 11.3 Å². The molecule has 1 saturated heterocycles. The molecule has 0 bridgehead atoms. The first kappa shape index (κ1) is 19.5. The fraction of sp³-hybridized carbons (Fsp3) is 0.259. The zero-order chi connectivity index (χ0) is 21.2. The monoisotopic (exact) mass is 407 g/mol. The molecule has 4 nitrogen and oxygen atoms in total. The Kier molecular flexibility index (Phi) is 5.28. The first-order valence-electron chi connectivity index (χ1n) is 10.8. The van der Waals surface area contributed by atoms with E-state index in [1.54, 1.807) is 0 Å². The molecule has 0 aliphatic carbocycles. The van der Waals surface area contributed by atoms with Crippen LogP contribution in [0.4, 0.5) is 0 Å². The van der Waals surface area contributed by atoms with Crippen LogP contribution in [0.2, 0.25) is 0 Å². The summed E-state index contributed by atoms with van der Waals surface area (Å²) in [5, 5.41) is 1.05. The molecule has 3 aromatic heterocycles. The normalized spacial score (nSPS) is 14.6. The van der Waals surface area contributed by atoms with E-state index in [-0.39, 0.29) is 0 Å². The Hall–Kier alpha value is -3.42. The molecule has 154 valence electrons. The van der Waals surface area contributed by atoms with E-state index < -0.39 is 0 Å². The summed E-state index contributed by atoms with van der Waals surface area (Å²) in [5.74, 6) is 3.43. The number of nitrogens with zero attached hydrogens (tertiary/aromatic N) is 2. The number of aromatic amines is 1. The highest BCUT2D eigenvalue weighted by Gasteiger charge is 2.17. The number of H-pyrrole nitrogens is 1. The highest BCUT2D eigenvalue weighted by atomic mass is 16.5. The summed E-state index contributed by atoms with van der Waals surface area (Å²) in [7, 11) is 0. The molecular formula is C27H25N3O. The van der Waals surface area contributed by atoms with Gasteiger partial charge in [0.15, 0.2) is 0 Å². The highest BCUT2D eigenvalue weighted by Crippen LogP contribution is 2.31. The van der Waals surface area contributed by atoms with Gasteiger partial charge in [0, 0.05) is 36.1 Å². The fourth-order valence-electron chi connectivity index (χ4n) is 4.33. The second kappa shape index (κ2) is 8.37. The van der Waals surface area contributed by atoms with E-state index in [4.69, 9.17) is 16.1 Å². The Morgan fingerprint density at radius 1 is 1.10 bits per heavy atom. The minimum Gasteiger partial charge on any atom is -0.381 e. The van der Waals surface area contributed by atoms with Crippen molar-refractivity contribution in [3.8, 4) is 34.9 Å². The lowest BCUT2D eigenvalue weighted by molar-refractivity contribution is 0.0665. The van der Waals surface area contributed by atoms with Gasteiger partial charge in [0.05, 0.1) is 5.69 Å². The van der Waals surface area contributed by atoms with Gasteiger partial charge in [-0.05, 0) is 67.4 Å². The van der Waals surface area contributed by atoms with E-state index in [9.17, 15) is 0 Å². The minimum absolute atomic E-state index is 0.614. The maximum absolute atomic E-state index is 5.85. The average molecular weight is 408 g/mol. The van der Waals surface area contributed by atoms with Crippen LogP contribution in [0.25, 0.3) is 33.5 Å². The number of ether oxygens (including phenoxy) is 1. The van der Waals surface area contributed by atoms with E-state index >= 15 is 0 Å². The Balaban J connectivity index is 1.51. The number of fused-ring (bicyclic) bond motifs is 1. The molecule has 31 heavy (non-hydrogen) atoms. The van der Waals surface area contributed by atoms with Crippen LogP contribution in [0.3, 0.4) is 0 Å². The van der Waals surface area contributed by atoms with Crippen molar-refractivity contribution < 1.29 is 4.74 Å². The molecule has 0 amide bonds. The van der Waals surface area contributed by atoms with Crippen LogP contribution in [0, 0.1) is 25.2 Å². The standard InChI is InChI=1S/C27H25N3O/c1-3-24-21(16-19-11-14-31-15-12-19)8-9-25(29-24)22-10-13-28-27-23(22)17-26(30-27)20-6-4-18(2)5-7-20/h1,4-10,13,17,19H,11-12,14-16H2,2H3,(H,28,30). The van der Waals surface area contributed by atoms with Crippen LogP contribution >= 0.6 is 0 Å². The molecule has 1 aromatic carbocycles. The van der Waals surface area contributed by atoms with Crippen molar-refractivity contribution in [3.05, 3.63) is 71.5 Å². The first-order valence-corrected chi connectivity index (χ1v) is 10.8. The maximum Gasteiger partial charge on any atom is 0.138 e. The SMILES string of the molecule is C#Cc1nc(-c2ccnc3[nH]c(-c4ccc(C)cc4)cc23)ccc1CC1CCOCC1. The first-order chi connectivity index (χ1) is 15.2. The van der Waals surface area contributed by atoms with Crippen LogP contribution in [0.15, 0.2) is 54.7 Å². The largest absolute Gasteiger partial charge is 0.381 e. The maximum atomic E-state index is 5.85. The van der Waals surface area contributed by atoms with Crippen molar-refractivity contribution >= 4 is 11.0 Å². The zero-order valence-corrected chi connectivity index (χ0v) is 17.7. The van der Waals surface area contributed by atoms with Crippen molar-refractivity contribution in [2.24, 2.45) is 5.92 Å². The number of hydrogen-bond donors (Lipinski definition) is 1. The van der Waals surface area contributed by atoms with Crippen molar-refractivity contribution in [1.29, 1.82) is 0 Å². The molecule has 4 heterocycles. The topological polar surface area (TPSA) is 50.8 Å². The zero-order valence-electron chi connectivity index (χ0n) is 17.7. The minimum atomic E-state index is 0.614. The Morgan fingerprint density at radius 3 is 2.68 bits per heavy atom. The predicted octanol–water partition coefficient (Wildman–Crippen LogP) is 5.55. The van der Waals surface area contributed by atoms with Crippen LogP contribution in [0.1, 0.15) is 29.7 Å². The molecule has 1 fully saturated rings. The molecular weight excluding hydrogens is 382 g/mol. The highest BCUT2D eigenvalue weighted by molar-refractivity contribution is 5.95. The third-order valence-corrected chi connectivity index (χ3v) is 6.14. The van der Waals surface area contributed by atoms with Gasteiger partial charge in [-0.15, -0.1) is 6.42 Å². The van der Waals surface area contributed by atoms with Gasteiger partial charge in [-0.25, -0.2) is 9.97 Å². The Labute approximate surface area is 182 Å². The molecule has 0 atom stereocenters. The average Bonchev–Trinajstić information content (AvgIpc) is 3.25. The number of aryl methyl sites for hydroxylation is 1. The summed E-state index contributed by atoms with van der Waals surface area (Å²) in [5.41, 5.74) is 8.08. The molecule has 0 radical (unpaired) electrons. The molecule has 1 aliphatic heterocycles. The van der Waals surface area contributed by atoms with Gasteiger partial charge < -0.3 is 9.72 Å². The molecule has 0 saturated carbocycles. The van der Waals surface area contributed by atoms with Crippen LogP contribution in [-0.2, 0) is 11.2 Å². The lowest BCUT2D eigenvalue weighted by Crippen LogP contribution is -2.18. The molecule has 4 heteroatoms. The van der Waals surface area contributed by atoms with Crippen LogP contribution in [0.5, 0.6) is 0 Å². The van der Waals surface area contributed by atoms with Crippen molar-refractivity contribution in [1.82, 2.24) is 15.0 Å². The fourth-order valence-corrected chi connectivity index (χ4v) is 4.33. The predicted molar refractivity (Wildman–Crippen MR) is 125 cm³/mol. The molecule has 1 N–H and O–H groups in total. The van der Waals surface area contributed by atoms with Crippen molar-refractivity contribution in [3.63, 3.8) is 0 Å². The van der Waals surface area contributed by atoms with E-state index in [1.807, 2.05) is 12.3 Å². The number of rotatable bonds is 4. The second-order valence-electron chi connectivity index (χ2n) is 8.28. The van der Waals surface area contributed by atoms with Crippen molar-refractivity contribution in [2.75, 3.05) is 13.2 Å². The Bertz CT molecular complexity index is 1260. The molecule has 0 spiro atoms. The number of aromatic nitrogens is 3. The van der Waals surface area contributed by atoms with E-state index in [2.05, 4.69) is 65.3 Å². The van der Waals surface area contributed by atoms with Gasteiger partial charge >= 0.3 is 0 Å². The summed E-state index contributed by atoms with van der Waals surface area (Å²) in [6, 6.07) is 16.9. The molecule has 1 aliphatic rings. The van der Waals surface area contributed by atoms with Crippen LogP contribution < -0.4 is 0 Å². The summed E-state index contributed by atoms with van der Waals surface area (Å²) in [6.45, 7) is 3.77. The summed E-state index contributed by atoms with van der Waals surface area (Å²) < 4.78 is 5.49. The van der Waals surface area contributed by atoms with Crippen LogP contribution in [-0.4, -0.2) is 28.2 Å². The molecule has 5 rings (SSSR count). The van der Waals surface area contributed by atoms with E-state index in [0.717, 1.165) is 77.3 Å². The number of benzene rings is 1. The van der Waals surface area contributed by atoms with E-state index in [1.165, 1.54) is 5.56 Å². The summed E-state index contributed by atoms with van der Waals surface area (Å²) >= 11 is 0. The Morgan fingerprint density at radius 2 is 1.90 bits per heavy atom. The van der Waals surface area contributed by atoms with Gasteiger partial charge in [-0.1, -0.05) is 35.9 Å². The second-order valence-corrected chi connectivity index (χ2v) is 8.28. The summed E-state index contributed by atoms with van der Waals surface area (Å²) in [6.07, 6.45) is 10.8. The number of hydrogen-bond acceptors (Lipinski definition) is 3. The number of terminal acetylenes is 1. The molecule has 4 aromatic rings. The third kappa shape index (κ3) is 3.97. The smallest absolute Gasteiger partial charge is 0.138 e. The lowest BCUT2D eigenvalue weighted by atomic mass is 9.91.